The molecule has 0 radical (unpaired) electrons. The van der Waals surface area contributed by atoms with Gasteiger partial charge in [-0.05, 0) is 18.4 Å². The molecule has 0 aromatic heterocycles. The van der Waals surface area contributed by atoms with Crippen LogP contribution in [0.15, 0.2) is 30.3 Å². The van der Waals surface area contributed by atoms with Crippen LogP contribution in [0.1, 0.15) is 18.4 Å². The first-order valence-electron chi connectivity index (χ1n) is 5.37. The minimum absolute atomic E-state index is 0.133. The van der Waals surface area contributed by atoms with E-state index in [9.17, 15) is 5.11 Å². The Kier molecular flexibility index (Phi) is 3.05. The molecule has 1 aliphatic rings. The highest BCUT2D eigenvalue weighted by atomic mass is 16.3. The highest BCUT2D eigenvalue weighted by molar-refractivity contribution is 5.23. The molecule has 0 saturated carbocycles. The number of aliphatic hydroxyl groups is 2. The van der Waals surface area contributed by atoms with Gasteiger partial charge < -0.3 is 15.5 Å². The highest BCUT2D eigenvalue weighted by Crippen LogP contribution is 2.29. The topological polar surface area (TPSA) is 52.5 Å². The molecule has 1 fully saturated rings. The van der Waals surface area contributed by atoms with Crippen LogP contribution < -0.4 is 5.32 Å². The first kappa shape index (κ1) is 10.6. The lowest BCUT2D eigenvalue weighted by atomic mass is 9.84. The molecular formula is C12H17NO2. The van der Waals surface area contributed by atoms with Crippen molar-refractivity contribution in [1.82, 2.24) is 5.32 Å². The monoisotopic (exact) mass is 207 g/mol. The number of hydrogen-bond acceptors (Lipinski definition) is 3. The van der Waals surface area contributed by atoms with E-state index in [1.54, 1.807) is 0 Å². The number of rotatable bonds is 2. The molecule has 0 spiro atoms. The summed E-state index contributed by atoms with van der Waals surface area (Å²) in [4.78, 5) is 0. The van der Waals surface area contributed by atoms with Crippen LogP contribution in [0.3, 0.4) is 0 Å². The number of hydrogen-bond donors (Lipinski definition) is 3. The molecule has 0 bridgehead atoms. The molecule has 3 heteroatoms. The van der Waals surface area contributed by atoms with Gasteiger partial charge in [-0.25, -0.2) is 0 Å². The van der Waals surface area contributed by atoms with Crippen molar-refractivity contribution in [2.75, 3.05) is 13.2 Å². The third-order valence-electron chi connectivity index (χ3n) is 3.12. The molecule has 1 aliphatic heterocycles. The number of piperidine rings is 1. The van der Waals surface area contributed by atoms with Gasteiger partial charge in [-0.15, -0.1) is 0 Å². The molecule has 1 aromatic carbocycles. The maximum Gasteiger partial charge on any atom is 0.102 e. The van der Waals surface area contributed by atoms with Crippen molar-refractivity contribution < 1.29 is 10.2 Å². The Morgan fingerprint density at radius 1 is 1.33 bits per heavy atom. The maximum absolute atomic E-state index is 10.4. The summed E-state index contributed by atoms with van der Waals surface area (Å²) in [6.45, 7) is 0.660. The van der Waals surface area contributed by atoms with Gasteiger partial charge >= 0.3 is 0 Å². The number of β-amino-alcohol motifs (C(OH)–C–C–N with tert-alkyl or cyclic N) is 1. The van der Waals surface area contributed by atoms with Crippen LogP contribution in [0.2, 0.25) is 0 Å². The molecule has 2 rings (SSSR count). The van der Waals surface area contributed by atoms with Crippen LogP contribution in [0, 0.1) is 0 Å². The zero-order valence-corrected chi connectivity index (χ0v) is 8.69. The van der Waals surface area contributed by atoms with Gasteiger partial charge in [0.1, 0.15) is 5.60 Å². The van der Waals surface area contributed by atoms with Crippen molar-refractivity contribution >= 4 is 0 Å². The molecule has 15 heavy (non-hydrogen) atoms. The fourth-order valence-corrected chi connectivity index (χ4v) is 2.07. The molecule has 3 nitrogen and oxygen atoms in total. The van der Waals surface area contributed by atoms with Crippen molar-refractivity contribution in [3.05, 3.63) is 35.9 Å². The average molecular weight is 207 g/mol. The van der Waals surface area contributed by atoms with Crippen molar-refractivity contribution in [1.29, 1.82) is 0 Å². The van der Waals surface area contributed by atoms with Crippen LogP contribution in [0.4, 0.5) is 0 Å². The summed E-state index contributed by atoms with van der Waals surface area (Å²) in [6, 6.07) is 9.84. The van der Waals surface area contributed by atoms with E-state index in [2.05, 4.69) is 5.32 Å². The Morgan fingerprint density at radius 2 is 2.07 bits per heavy atom. The summed E-state index contributed by atoms with van der Waals surface area (Å²) < 4.78 is 0. The maximum atomic E-state index is 10.4. The minimum Gasteiger partial charge on any atom is -0.395 e. The van der Waals surface area contributed by atoms with Crippen molar-refractivity contribution in [3.8, 4) is 0 Å². The van der Waals surface area contributed by atoms with E-state index in [0.717, 1.165) is 12.0 Å². The van der Waals surface area contributed by atoms with E-state index in [-0.39, 0.29) is 12.6 Å². The summed E-state index contributed by atoms with van der Waals surface area (Å²) in [6.07, 6.45) is 1.51. The van der Waals surface area contributed by atoms with Gasteiger partial charge in [0, 0.05) is 12.6 Å². The summed E-state index contributed by atoms with van der Waals surface area (Å²) in [7, 11) is 0. The van der Waals surface area contributed by atoms with Crippen molar-refractivity contribution in [3.63, 3.8) is 0 Å². The van der Waals surface area contributed by atoms with Gasteiger partial charge in [0.2, 0.25) is 0 Å². The lowest BCUT2D eigenvalue weighted by Gasteiger charge is -2.36. The van der Waals surface area contributed by atoms with Crippen LogP contribution >= 0.6 is 0 Å². The lowest BCUT2D eigenvalue weighted by Crippen LogP contribution is -2.49. The Hall–Kier alpha value is -0.900. The van der Waals surface area contributed by atoms with E-state index >= 15 is 0 Å². The molecule has 1 saturated heterocycles. The van der Waals surface area contributed by atoms with Crippen molar-refractivity contribution in [2.24, 2.45) is 0 Å². The predicted molar refractivity (Wildman–Crippen MR) is 58.4 cm³/mol. The van der Waals surface area contributed by atoms with Crippen LogP contribution in [0.5, 0.6) is 0 Å². The predicted octanol–water partition coefficient (Wildman–Crippen LogP) is 0.618. The third kappa shape index (κ3) is 2.20. The third-order valence-corrected chi connectivity index (χ3v) is 3.12. The van der Waals surface area contributed by atoms with Crippen LogP contribution in [-0.4, -0.2) is 29.4 Å². The summed E-state index contributed by atoms with van der Waals surface area (Å²) in [5, 5.41) is 22.6. The zero-order valence-electron chi connectivity index (χ0n) is 8.69. The molecule has 2 unspecified atom stereocenters. The van der Waals surface area contributed by atoms with E-state index in [1.165, 1.54) is 0 Å². The molecule has 2 atom stereocenters. The quantitative estimate of drug-likeness (QED) is 0.666. The summed E-state index contributed by atoms with van der Waals surface area (Å²) in [5.41, 5.74) is 0.182. The van der Waals surface area contributed by atoms with Gasteiger partial charge in [0.25, 0.3) is 0 Å². The van der Waals surface area contributed by atoms with Crippen LogP contribution in [0.25, 0.3) is 0 Å². The van der Waals surface area contributed by atoms with E-state index in [1.807, 2.05) is 30.3 Å². The van der Waals surface area contributed by atoms with Gasteiger partial charge in [0.15, 0.2) is 0 Å². The van der Waals surface area contributed by atoms with E-state index in [4.69, 9.17) is 5.11 Å². The average Bonchev–Trinajstić information content (AvgIpc) is 2.31. The van der Waals surface area contributed by atoms with Gasteiger partial charge in [-0.2, -0.15) is 0 Å². The smallest absolute Gasteiger partial charge is 0.102 e. The first-order valence-corrected chi connectivity index (χ1v) is 5.37. The molecule has 82 valence electrons. The van der Waals surface area contributed by atoms with Crippen molar-refractivity contribution in [2.45, 2.75) is 24.5 Å². The molecule has 0 amide bonds. The lowest BCUT2D eigenvalue weighted by molar-refractivity contribution is -0.00385. The Morgan fingerprint density at radius 3 is 2.60 bits per heavy atom. The second kappa shape index (κ2) is 4.31. The normalized spacial score (nSPS) is 31.5. The van der Waals surface area contributed by atoms with Gasteiger partial charge in [0.05, 0.1) is 6.61 Å². The SMILES string of the molecule is OCC1CCC(O)(c2ccccc2)CN1. The Labute approximate surface area is 89.8 Å². The van der Waals surface area contributed by atoms with Gasteiger partial charge in [-0.1, -0.05) is 30.3 Å². The summed E-state index contributed by atoms with van der Waals surface area (Å²) in [5.74, 6) is 0. The Balaban J connectivity index is 2.10. The fourth-order valence-electron chi connectivity index (χ4n) is 2.07. The van der Waals surface area contributed by atoms with Gasteiger partial charge in [-0.3, -0.25) is 0 Å². The second-order valence-electron chi connectivity index (χ2n) is 4.20. The fraction of sp³-hybridized carbons (Fsp3) is 0.500. The molecule has 1 aromatic rings. The standard InChI is InChI=1S/C12H17NO2/c14-8-11-6-7-12(15,9-13-11)10-4-2-1-3-5-10/h1-5,11,13-15H,6-9H2. The molecule has 0 aliphatic carbocycles. The molecular weight excluding hydrogens is 190 g/mol. The largest absolute Gasteiger partial charge is 0.395 e. The summed E-state index contributed by atoms with van der Waals surface area (Å²) >= 11 is 0. The molecule has 3 N–H and O–H groups in total. The zero-order chi connectivity index (χ0) is 10.7. The second-order valence-corrected chi connectivity index (χ2v) is 4.20. The number of nitrogens with one attached hydrogen (secondary N) is 1. The highest BCUT2D eigenvalue weighted by Gasteiger charge is 2.33. The minimum atomic E-state index is -0.771. The molecule has 1 heterocycles. The van der Waals surface area contributed by atoms with Crippen LogP contribution in [-0.2, 0) is 5.60 Å². The number of benzene rings is 1. The van der Waals surface area contributed by atoms with E-state index in [0.29, 0.717) is 13.0 Å². The first-order chi connectivity index (χ1) is 7.24. The Bertz CT molecular complexity index is 305. The van der Waals surface area contributed by atoms with E-state index < -0.39 is 5.60 Å². The number of aliphatic hydroxyl groups excluding tert-OH is 1.